The van der Waals surface area contributed by atoms with Crippen LogP contribution in [0, 0.1) is 5.82 Å². The van der Waals surface area contributed by atoms with Gasteiger partial charge in [0, 0.05) is 17.8 Å². The number of aryl methyl sites for hydroxylation is 1. The molecule has 0 saturated heterocycles. The Morgan fingerprint density at radius 2 is 2.15 bits per heavy atom. The highest BCUT2D eigenvalue weighted by Gasteiger charge is 2.09. The van der Waals surface area contributed by atoms with E-state index in [1.807, 2.05) is 6.92 Å². The first kappa shape index (κ1) is 14.2. The van der Waals surface area contributed by atoms with Crippen molar-refractivity contribution in [3.05, 3.63) is 29.0 Å². The molecule has 1 heterocycles. The molecule has 106 valence electrons. The van der Waals surface area contributed by atoms with Gasteiger partial charge in [0.25, 0.3) is 0 Å². The lowest BCUT2D eigenvalue weighted by atomic mass is 10.3. The van der Waals surface area contributed by atoms with Crippen molar-refractivity contribution in [1.29, 1.82) is 0 Å². The van der Waals surface area contributed by atoms with E-state index in [4.69, 9.17) is 4.74 Å². The minimum Gasteiger partial charge on any atom is -0.497 e. The van der Waals surface area contributed by atoms with Crippen molar-refractivity contribution in [2.45, 2.75) is 13.3 Å². The number of benzene rings is 1. The van der Waals surface area contributed by atoms with Gasteiger partial charge in [-0.3, -0.25) is 5.32 Å². The monoisotopic (exact) mass is 296 g/mol. The summed E-state index contributed by atoms with van der Waals surface area (Å²) in [5.74, 6) is -0.173. The summed E-state index contributed by atoms with van der Waals surface area (Å²) in [7, 11) is 1.42. The number of hydrogen-bond donors (Lipinski definition) is 2. The minimum absolute atomic E-state index is 0.291. The number of hydrogen-bond acceptors (Lipinski definition) is 5. The summed E-state index contributed by atoms with van der Waals surface area (Å²) in [5.41, 5.74) is 0.291. The highest BCUT2D eigenvalue weighted by atomic mass is 32.1. The Labute approximate surface area is 119 Å². The third-order valence-electron chi connectivity index (χ3n) is 2.35. The maximum atomic E-state index is 13.3. The zero-order valence-electron chi connectivity index (χ0n) is 10.9. The Morgan fingerprint density at radius 3 is 2.80 bits per heavy atom. The number of anilines is 2. The summed E-state index contributed by atoms with van der Waals surface area (Å²) in [4.78, 5) is 11.7. The smallest absolute Gasteiger partial charge is 0.325 e. The van der Waals surface area contributed by atoms with E-state index in [9.17, 15) is 9.18 Å². The number of halogens is 1. The normalized spacial score (nSPS) is 10.2. The molecule has 2 N–H and O–H groups in total. The van der Waals surface area contributed by atoms with Crippen molar-refractivity contribution < 1.29 is 13.9 Å². The Morgan fingerprint density at radius 1 is 1.35 bits per heavy atom. The van der Waals surface area contributed by atoms with Crippen LogP contribution >= 0.6 is 11.3 Å². The fourth-order valence-corrected chi connectivity index (χ4v) is 2.13. The van der Waals surface area contributed by atoms with Gasteiger partial charge in [0.15, 0.2) is 0 Å². The van der Waals surface area contributed by atoms with Gasteiger partial charge >= 0.3 is 6.03 Å². The van der Waals surface area contributed by atoms with Gasteiger partial charge in [0.2, 0.25) is 5.13 Å². The molecule has 0 fully saturated rings. The Balaban J connectivity index is 2.02. The molecular formula is C12H13FN4O2S. The van der Waals surface area contributed by atoms with Crippen LogP contribution in [0.5, 0.6) is 5.75 Å². The fourth-order valence-electron chi connectivity index (χ4n) is 1.46. The lowest BCUT2D eigenvalue weighted by Crippen LogP contribution is -2.19. The highest BCUT2D eigenvalue weighted by Crippen LogP contribution is 2.20. The van der Waals surface area contributed by atoms with Crippen LogP contribution < -0.4 is 15.4 Å². The molecule has 8 heteroatoms. The molecular weight excluding hydrogens is 283 g/mol. The maximum absolute atomic E-state index is 13.3. The first-order chi connectivity index (χ1) is 9.60. The quantitative estimate of drug-likeness (QED) is 0.909. The van der Waals surface area contributed by atoms with Crippen LogP contribution in [0.2, 0.25) is 0 Å². The second kappa shape index (κ2) is 6.29. The van der Waals surface area contributed by atoms with Crippen LogP contribution in [0.4, 0.5) is 20.0 Å². The molecule has 0 aliphatic heterocycles. The lowest BCUT2D eigenvalue weighted by molar-refractivity contribution is 0.262. The van der Waals surface area contributed by atoms with Crippen LogP contribution in [0.15, 0.2) is 18.2 Å². The van der Waals surface area contributed by atoms with Gasteiger partial charge in [-0.1, -0.05) is 18.3 Å². The number of nitrogens with zero attached hydrogens (tertiary/aromatic N) is 2. The number of aromatic nitrogens is 2. The molecule has 0 aliphatic rings. The molecule has 2 aromatic rings. The predicted molar refractivity (Wildman–Crippen MR) is 74.9 cm³/mol. The molecule has 6 nitrogen and oxygen atoms in total. The number of rotatable bonds is 4. The van der Waals surface area contributed by atoms with Crippen LogP contribution in [0.3, 0.4) is 0 Å². The molecule has 0 saturated carbocycles. The van der Waals surface area contributed by atoms with Crippen molar-refractivity contribution in [3.63, 3.8) is 0 Å². The lowest BCUT2D eigenvalue weighted by Gasteiger charge is -2.07. The number of methoxy groups -OCH3 is 1. The van der Waals surface area contributed by atoms with Gasteiger partial charge in [-0.05, 0) is 12.5 Å². The number of carbonyl (C=O) groups excluding carboxylic acids is 1. The molecule has 2 rings (SSSR count). The second-order valence-corrected chi connectivity index (χ2v) is 4.88. The van der Waals surface area contributed by atoms with Crippen molar-refractivity contribution in [2.75, 3.05) is 17.7 Å². The Kier molecular flexibility index (Phi) is 4.46. The van der Waals surface area contributed by atoms with Gasteiger partial charge in [-0.15, -0.1) is 10.2 Å². The van der Waals surface area contributed by atoms with Gasteiger partial charge < -0.3 is 10.1 Å². The number of ether oxygens (including phenoxy) is 1. The molecule has 2 amide bonds. The Bertz CT molecular complexity index is 617. The molecule has 0 spiro atoms. The topological polar surface area (TPSA) is 76.1 Å². The van der Waals surface area contributed by atoms with E-state index >= 15 is 0 Å². The number of nitrogens with one attached hydrogen (secondary N) is 2. The summed E-state index contributed by atoms with van der Waals surface area (Å²) in [6.45, 7) is 1.95. The number of urea groups is 1. The average Bonchev–Trinajstić information content (AvgIpc) is 2.85. The molecule has 1 aromatic carbocycles. The summed E-state index contributed by atoms with van der Waals surface area (Å²) in [6.07, 6.45) is 0.752. The molecule has 0 atom stereocenters. The van der Waals surface area contributed by atoms with Crippen LogP contribution in [-0.2, 0) is 6.42 Å². The second-order valence-electron chi connectivity index (χ2n) is 3.81. The van der Waals surface area contributed by atoms with E-state index in [1.165, 1.54) is 36.6 Å². The first-order valence-electron chi connectivity index (χ1n) is 5.85. The van der Waals surface area contributed by atoms with E-state index < -0.39 is 11.8 Å². The zero-order chi connectivity index (χ0) is 14.5. The SMILES string of the molecule is CCc1nnc(NC(=O)Nc2cc(F)cc(OC)c2)s1. The molecule has 1 aromatic heterocycles. The highest BCUT2D eigenvalue weighted by molar-refractivity contribution is 7.15. The van der Waals surface area contributed by atoms with E-state index in [0.717, 1.165) is 11.4 Å². The van der Waals surface area contributed by atoms with Gasteiger partial charge in [0.05, 0.1) is 7.11 Å². The standard InChI is InChI=1S/C12H13FN4O2S/c1-3-10-16-17-12(20-10)15-11(18)14-8-4-7(13)5-9(6-8)19-2/h4-6H,3H2,1-2H3,(H2,14,15,17,18). The van der Waals surface area contributed by atoms with E-state index in [2.05, 4.69) is 20.8 Å². The van der Waals surface area contributed by atoms with Gasteiger partial charge in [-0.25, -0.2) is 9.18 Å². The average molecular weight is 296 g/mol. The third-order valence-corrected chi connectivity index (χ3v) is 3.34. The fraction of sp³-hybridized carbons (Fsp3) is 0.250. The molecule has 20 heavy (non-hydrogen) atoms. The van der Waals surface area contributed by atoms with E-state index in [0.29, 0.717) is 16.6 Å². The van der Waals surface area contributed by atoms with Crippen LogP contribution in [0.25, 0.3) is 0 Å². The van der Waals surface area contributed by atoms with Crippen molar-refractivity contribution in [3.8, 4) is 5.75 Å². The van der Waals surface area contributed by atoms with Crippen LogP contribution in [-0.4, -0.2) is 23.3 Å². The van der Waals surface area contributed by atoms with Crippen molar-refractivity contribution >= 4 is 28.2 Å². The van der Waals surface area contributed by atoms with E-state index in [-0.39, 0.29) is 0 Å². The summed E-state index contributed by atoms with van der Waals surface area (Å²) in [5, 5.41) is 14.0. The summed E-state index contributed by atoms with van der Waals surface area (Å²) < 4.78 is 18.2. The summed E-state index contributed by atoms with van der Waals surface area (Å²) >= 11 is 1.29. The van der Waals surface area contributed by atoms with E-state index in [1.54, 1.807) is 0 Å². The zero-order valence-corrected chi connectivity index (χ0v) is 11.8. The largest absolute Gasteiger partial charge is 0.497 e. The molecule has 0 bridgehead atoms. The number of carbonyl (C=O) groups is 1. The van der Waals surface area contributed by atoms with Crippen molar-refractivity contribution in [1.82, 2.24) is 10.2 Å². The van der Waals surface area contributed by atoms with Crippen molar-refractivity contribution in [2.24, 2.45) is 0 Å². The number of amides is 2. The predicted octanol–water partition coefficient (Wildman–Crippen LogP) is 2.89. The molecule has 0 aliphatic carbocycles. The third kappa shape index (κ3) is 3.64. The minimum atomic E-state index is -0.517. The Hall–Kier alpha value is -2.22. The molecule has 0 unspecified atom stereocenters. The first-order valence-corrected chi connectivity index (χ1v) is 6.67. The van der Waals surface area contributed by atoms with Gasteiger partial charge in [0.1, 0.15) is 16.6 Å². The molecule has 0 radical (unpaired) electrons. The van der Waals surface area contributed by atoms with Gasteiger partial charge in [-0.2, -0.15) is 0 Å². The summed E-state index contributed by atoms with van der Waals surface area (Å²) in [6, 6.07) is 3.41. The maximum Gasteiger partial charge on any atom is 0.325 e. The van der Waals surface area contributed by atoms with Crippen LogP contribution in [0.1, 0.15) is 11.9 Å².